The number of thioether (sulfide) groups is 1. The number of hydrogen-bond acceptors (Lipinski definition) is 6. The fourth-order valence-electron chi connectivity index (χ4n) is 1.41. The summed E-state index contributed by atoms with van der Waals surface area (Å²) in [6.45, 7) is 0. The van der Waals surface area contributed by atoms with Crippen LogP contribution in [-0.2, 0) is 0 Å². The maximum Gasteiger partial charge on any atom is 0.348 e. The van der Waals surface area contributed by atoms with Gasteiger partial charge in [0.15, 0.2) is 5.16 Å². The summed E-state index contributed by atoms with van der Waals surface area (Å²) < 4.78 is 0. The first-order valence-electron chi connectivity index (χ1n) is 5.20. The van der Waals surface area contributed by atoms with E-state index in [2.05, 4.69) is 15.3 Å². The lowest BCUT2D eigenvalue weighted by molar-refractivity contribution is -0.384. The van der Waals surface area contributed by atoms with Gasteiger partial charge in [0.2, 0.25) is 11.0 Å². The van der Waals surface area contributed by atoms with Crippen LogP contribution in [0.2, 0.25) is 5.15 Å². The molecule has 1 aromatic heterocycles. The average molecular weight is 297 g/mol. The highest BCUT2D eigenvalue weighted by Crippen LogP contribution is 2.33. The quantitative estimate of drug-likeness (QED) is 0.306. The number of nitrogens with one attached hydrogen (secondary N) is 1. The standard InChI is InChI=1S/C11H9ClN4O2S/c1-19-11-14-9(12)8(16(17)18)10(15-11)13-7-5-3-2-4-6-7/h2-6H,1H3,(H,13,14,15). The molecule has 0 bridgehead atoms. The van der Waals surface area contributed by atoms with Crippen molar-refractivity contribution in [3.8, 4) is 0 Å². The van der Waals surface area contributed by atoms with Gasteiger partial charge in [0.1, 0.15) is 0 Å². The molecule has 98 valence electrons. The topological polar surface area (TPSA) is 81.0 Å². The molecule has 1 N–H and O–H groups in total. The third-order valence-corrected chi connectivity index (χ3v) is 3.03. The molecule has 0 fully saturated rings. The number of benzene rings is 1. The van der Waals surface area contributed by atoms with Crippen molar-refractivity contribution in [1.82, 2.24) is 9.97 Å². The molecule has 1 aromatic carbocycles. The first kappa shape index (κ1) is 13.6. The Hall–Kier alpha value is -1.86. The van der Waals surface area contributed by atoms with Crippen molar-refractivity contribution in [2.75, 3.05) is 11.6 Å². The maximum atomic E-state index is 11.0. The summed E-state index contributed by atoms with van der Waals surface area (Å²) in [4.78, 5) is 18.4. The monoisotopic (exact) mass is 296 g/mol. The van der Waals surface area contributed by atoms with Crippen LogP contribution in [0.25, 0.3) is 0 Å². The highest BCUT2D eigenvalue weighted by Gasteiger charge is 2.23. The zero-order valence-electron chi connectivity index (χ0n) is 9.83. The first-order chi connectivity index (χ1) is 9.11. The van der Waals surface area contributed by atoms with Gasteiger partial charge in [0.05, 0.1) is 4.92 Å². The lowest BCUT2D eigenvalue weighted by Gasteiger charge is -2.07. The number of aromatic nitrogens is 2. The maximum absolute atomic E-state index is 11.0. The Morgan fingerprint density at radius 2 is 2.00 bits per heavy atom. The van der Waals surface area contributed by atoms with Crippen LogP contribution >= 0.6 is 23.4 Å². The van der Waals surface area contributed by atoms with Crippen LogP contribution < -0.4 is 5.32 Å². The van der Waals surface area contributed by atoms with Gasteiger partial charge in [-0.1, -0.05) is 41.6 Å². The van der Waals surface area contributed by atoms with Gasteiger partial charge in [-0.25, -0.2) is 4.98 Å². The van der Waals surface area contributed by atoms with E-state index < -0.39 is 4.92 Å². The van der Waals surface area contributed by atoms with Crippen LogP contribution in [0, 0.1) is 10.1 Å². The number of nitrogens with zero attached hydrogens (tertiary/aromatic N) is 3. The van der Waals surface area contributed by atoms with Crippen LogP contribution in [0.1, 0.15) is 0 Å². The Morgan fingerprint density at radius 3 is 2.58 bits per heavy atom. The molecule has 1 heterocycles. The van der Waals surface area contributed by atoms with E-state index in [0.29, 0.717) is 10.8 Å². The molecule has 0 radical (unpaired) electrons. The zero-order chi connectivity index (χ0) is 13.8. The van der Waals surface area contributed by atoms with E-state index >= 15 is 0 Å². The van der Waals surface area contributed by atoms with Crippen molar-refractivity contribution in [3.63, 3.8) is 0 Å². The molecule has 0 saturated heterocycles. The van der Waals surface area contributed by atoms with E-state index in [-0.39, 0.29) is 16.7 Å². The highest BCUT2D eigenvalue weighted by molar-refractivity contribution is 7.98. The molecule has 6 nitrogen and oxygen atoms in total. The molecule has 8 heteroatoms. The Balaban J connectivity index is 2.48. The molecule has 2 aromatic rings. The van der Waals surface area contributed by atoms with Gasteiger partial charge in [-0.3, -0.25) is 10.1 Å². The van der Waals surface area contributed by atoms with Crippen LogP contribution in [0.3, 0.4) is 0 Å². The van der Waals surface area contributed by atoms with Crippen molar-refractivity contribution in [2.45, 2.75) is 5.16 Å². The van der Waals surface area contributed by atoms with Gasteiger partial charge >= 0.3 is 5.69 Å². The Morgan fingerprint density at radius 1 is 1.32 bits per heavy atom. The van der Waals surface area contributed by atoms with E-state index in [0.717, 1.165) is 0 Å². The summed E-state index contributed by atoms with van der Waals surface area (Å²) in [5.41, 5.74) is 0.357. The molecule has 0 aliphatic carbocycles. The molecule has 0 saturated carbocycles. The summed E-state index contributed by atoms with van der Waals surface area (Å²) in [5.74, 6) is 0.0838. The number of hydrogen-bond donors (Lipinski definition) is 1. The van der Waals surface area contributed by atoms with Crippen molar-refractivity contribution < 1.29 is 4.92 Å². The van der Waals surface area contributed by atoms with Gasteiger partial charge in [-0.05, 0) is 18.4 Å². The van der Waals surface area contributed by atoms with Crippen LogP contribution in [0.15, 0.2) is 35.5 Å². The largest absolute Gasteiger partial charge is 0.348 e. The summed E-state index contributed by atoms with van der Waals surface area (Å²) in [7, 11) is 0. The molecule has 0 amide bonds. The van der Waals surface area contributed by atoms with Crippen LogP contribution in [0.5, 0.6) is 0 Å². The molecule has 0 unspecified atom stereocenters. The first-order valence-corrected chi connectivity index (χ1v) is 6.80. The molecule has 2 rings (SSSR count). The average Bonchev–Trinajstić information content (AvgIpc) is 2.38. The second kappa shape index (κ2) is 5.85. The van der Waals surface area contributed by atoms with E-state index in [1.165, 1.54) is 11.8 Å². The molecular weight excluding hydrogens is 288 g/mol. The predicted molar refractivity (Wildman–Crippen MR) is 75.2 cm³/mol. The fourth-order valence-corrected chi connectivity index (χ4v) is 2.06. The van der Waals surface area contributed by atoms with Gasteiger partial charge in [0, 0.05) is 5.69 Å². The van der Waals surface area contributed by atoms with E-state index in [4.69, 9.17) is 11.6 Å². The number of rotatable bonds is 4. The summed E-state index contributed by atoms with van der Waals surface area (Å²) in [6, 6.07) is 9.02. The van der Waals surface area contributed by atoms with E-state index in [1.807, 2.05) is 18.2 Å². The van der Waals surface area contributed by atoms with Crippen molar-refractivity contribution >= 4 is 40.6 Å². The van der Waals surface area contributed by atoms with Gasteiger partial charge < -0.3 is 5.32 Å². The van der Waals surface area contributed by atoms with Crippen molar-refractivity contribution in [2.24, 2.45) is 0 Å². The third-order valence-electron chi connectivity index (χ3n) is 2.22. The number of nitro groups is 1. The lowest BCUT2D eigenvalue weighted by Crippen LogP contribution is -2.03. The van der Waals surface area contributed by atoms with Gasteiger partial charge in [-0.15, -0.1) is 0 Å². The number of anilines is 2. The minimum atomic E-state index is -0.599. The van der Waals surface area contributed by atoms with E-state index in [9.17, 15) is 10.1 Å². The Kier molecular flexibility index (Phi) is 4.18. The summed E-state index contributed by atoms with van der Waals surface area (Å²) in [5, 5.41) is 14.1. The van der Waals surface area contributed by atoms with Gasteiger partial charge in [0.25, 0.3) is 0 Å². The SMILES string of the molecule is CSc1nc(Cl)c([N+](=O)[O-])c(Nc2ccccc2)n1. The summed E-state index contributed by atoms with van der Waals surface area (Å²) in [6.07, 6.45) is 1.77. The molecule has 0 spiro atoms. The normalized spacial score (nSPS) is 10.2. The lowest BCUT2D eigenvalue weighted by atomic mass is 10.3. The predicted octanol–water partition coefficient (Wildman–Crippen LogP) is 3.50. The van der Waals surface area contributed by atoms with E-state index in [1.54, 1.807) is 18.4 Å². The smallest absolute Gasteiger partial charge is 0.334 e. The number of halogens is 1. The van der Waals surface area contributed by atoms with Crippen molar-refractivity contribution in [1.29, 1.82) is 0 Å². The van der Waals surface area contributed by atoms with Gasteiger partial charge in [-0.2, -0.15) is 4.98 Å². The van der Waals surface area contributed by atoms with Crippen LogP contribution in [-0.4, -0.2) is 21.1 Å². The number of para-hydroxylation sites is 1. The molecule has 19 heavy (non-hydrogen) atoms. The fraction of sp³-hybridized carbons (Fsp3) is 0.0909. The Labute approximate surface area is 118 Å². The summed E-state index contributed by atoms with van der Waals surface area (Å²) >= 11 is 7.09. The van der Waals surface area contributed by atoms with Crippen molar-refractivity contribution in [3.05, 3.63) is 45.6 Å². The minimum Gasteiger partial charge on any atom is -0.334 e. The minimum absolute atomic E-state index is 0.0838. The molecule has 0 aliphatic heterocycles. The Bertz CT molecular complexity index is 609. The highest BCUT2D eigenvalue weighted by atomic mass is 35.5. The second-order valence-corrected chi connectivity index (χ2v) is 4.58. The molecule has 0 atom stereocenters. The third kappa shape index (κ3) is 3.12. The molecule has 0 aliphatic rings. The molecular formula is C11H9ClN4O2S. The second-order valence-electron chi connectivity index (χ2n) is 3.45. The zero-order valence-corrected chi connectivity index (χ0v) is 11.4. The van der Waals surface area contributed by atoms with Crippen LogP contribution in [0.4, 0.5) is 17.2 Å².